The lowest BCUT2D eigenvalue weighted by Crippen LogP contribution is -2.29. The van der Waals surface area contributed by atoms with Crippen LogP contribution in [0.15, 0.2) is 33.9 Å². The van der Waals surface area contributed by atoms with E-state index in [0.29, 0.717) is 6.04 Å². The van der Waals surface area contributed by atoms with Gasteiger partial charge in [-0.1, -0.05) is 12.1 Å². The van der Waals surface area contributed by atoms with Crippen LogP contribution in [-0.2, 0) is 0 Å². The van der Waals surface area contributed by atoms with Gasteiger partial charge in [-0.05, 0) is 61.2 Å². The van der Waals surface area contributed by atoms with Gasteiger partial charge in [0.1, 0.15) is 6.04 Å². The molecule has 0 amide bonds. The van der Waals surface area contributed by atoms with E-state index in [4.69, 9.17) is 5.73 Å². The average Bonchev–Trinajstić information content (AvgIpc) is 3.01. The summed E-state index contributed by atoms with van der Waals surface area (Å²) in [5.41, 5.74) is 8.40. The van der Waals surface area contributed by atoms with Gasteiger partial charge in [0.2, 0.25) is 0 Å². The smallest absolute Gasteiger partial charge is 0.108 e. The summed E-state index contributed by atoms with van der Waals surface area (Å²) in [6.07, 6.45) is 4.86. The van der Waals surface area contributed by atoms with E-state index >= 15 is 0 Å². The summed E-state index contributed by atoms with van der Waals surface area (Å²) in [4.78, 5) is 0. The normalized spacial score (nSPS) is 29.6. The molecule has 2 aliphatic rings. The van der Waals surface area contributed by atoms with E-state index < -0.39 is 0 Å². The molecule has 0 saturated heterocycles. The first-order valence-electron chi connectivity index (χ1n) is 7.43. The van der Waals surface area contributed by atoms with E-state index in [9.17, 15) is 0 Å². The fourth-order valence-electron chi connectivity index (χ4n) is 2.87. The second-order valence-electron chi connectivity index (χ2n) is 5.79. The second kappa shape index (κ2) is 6.59. The van der Waals surface area contributed by atoms with Gasteiger partial charge in [0.15, 0.2) is 0 Å². The monoisotopic (exact) mass is 290 g/mol. The summed E-state index contributed by atoms with van der Waals surface area (Å²) < 4.78 is 3.98. The van der Waals surface area contributed by atoms with Gasteiger partial charge in [-0.15, -0.1) is 4.52 Å². The maximum atomic E-state index is 5.94. The molecule has 0 spiro atoms. The summed E-state index contributed by atoms with van der Waals surface area (Å²) in [5.74, 6) is 1.74. The van der Waals surface area contributed by atoms with E-state index in [0.717, 1.165) is 18.2 Å². The molecule has 1 unspecified atom stereocenters. The maximum Gasteiger partial charge on any atom is 0.108 e. The molecule has 108 valence electrons. The van der Waals surface area contributed by atoms with Crippen LogP contribution in [0.3, 0.4) is 0 Å². The Kier molecular flexibility index (Phi) is 4.58. The zero-order chi connectivity index (χ0) is 13.8. The molecule has 20 heavy (non-hydrogen) atoms. The van der Waals surface area contributed by atoms with Gasteiger partial charge in [-0.2, -0.15) is 5.11 Å². The highest BCUT2D eigenvalue weighted by Gasteiger charge is 2.18. The lowest BCUT2D eigenvalue weighted by molar-refractivity contribution is 0.339. The molecule has 1 saturated carbocycles. The lowest BCUT2D eigenvalue weighted by Gasteiger charge is -2.26. The van der Waals surface area contributed by atoms with Gasteiger partial charge >= 0.3 is 0 Å². The van der Waals surface area contributed by atoms with Crippen molar-refractivity contribution in [2.75, 3.05) is 17.6 Å². The number of rotatable bonds is 4. The van der Waals surface area contributed by atoms with Gasteiger partial charge < -0.3 is 11.1 Å². The standard InChI is InChI=1S/C15H22N4S/c16-13-5-1-11(2-6-13)9-17-14-7-3-12(4-8-14)15-10-20-19-18-15/h3-4,7-8,11,13,15,17H,1-2,5-6,9-10,16H2. The lowest BCUT2D eigenvalue weighted by atomic mass is 9.86. The van der Waals surface area contributed by atoms with Crippen molar-refractivity contribution in [2.45, 2.75) is 37.8 Å². The number of hydrogen-bond acceptors (Lipinski definition) is 5. The fourth-order valence-corrected chi connectivity index (χ4v) is 3.52. The molecule has 0 aromatic heterocycles. The predicted molar refractivity (Wildman–Crippen MR) is 84.9 cm³/mol. The highest BCUT2D eigenvalue weighted by molar-refractivity contribution is 7.98. The van der Waals surface area contributed by atoms with Crippen molar-refractivity contribution in [3.05, 3.63) is 29.8 Å². The Balaban J connectivity index is 1.49. The molecule has 1 aliphatic carbocycles. The van der Waals surface area contributed by atoms with Crippen molar-refractivity contribution in [3.63, 3.8) is 0 Å². The Morgan fingerprint density at radius 2 is 1.90 bits per heavy atom. The molecule has 1 aromatic carbocycles. The third-order valence-corrected chi connectivity index (χ3v) is 4.93. The summed E-state index contributed by atoms with van der Waals surface area (Å²) in [6, 6.07) is 9.31. The fraction of sp³-hybridized carbons (Fsp3) is 0.600. The molecule has 5 heteroatoms. The van der Waals surface area contributed by atoms with Gasteiger partial charge in [-0.3, -0.25) is 0 Å². The van der Waals surface area contributed by atoms with Crippen LogP contribution in [0.4, 0.5) is 5.69 Å². The summed E-state index contributed by atoms with van der Waals surface area (Å²) >= 11 is 1.54. The van der Waals surface area contributed by atoms with E-state index in [-0.39, 0.29) is 6.04 Å². The van der Waals surface area contributed by atoms with Crippen molar-refractivity contribution in [3.8, 4) is 0 Å². The zero-order valence-corrected chi connectivity index (χ0v) is 12.5. The SMILES string of the molecule is NC1CCC(CNc2ccc(C3CSN=N3)cc2)CC1. The highest BCUT2D eigenvalue weighted by atomic mass is 32.2. The van der Waals surface area contributed by atoms with Crippen molar-refractivity contribution in [1.82, 2.24) is 0 Å². The van der Waals surface area contributed by atoms with Crippen LogP contribution < -0.4 is 11.1 Å². The summed E-state index contributed by atoms with van der Waals surface area (Å²) in [7, 11) is 0. The van der Waals surface area contributed by atoms with Crippen molar-refractivity contribution in [1.29, 1.82) is 0 Å². The average molecular weight is 290 g/mol. The minimum Gasteiger partial charge on any atom is -0.385 e. The molecule has 1 aliphatic heterocycles. The number of benzene rings is 1. The molecule has 1 heterocycles. The Morgan fingerprint density at radius 1 is 1.15 bits per heavy atom. The van der Waals surface area contributed by atoms with Crippen molar-refractivity contribution in [2.24, 2.45) is 21.3 Å². The second-order valence-corrected chi connectivity index (χ2v) is 6.55. The first kappa shape index (κ1) is 13.9. The molecular formula is C15H22N4S. The molecule has 0 bridgehead atoms. The molecule has 1 aromatic rings. The Hall–Kier alpha value is -1.07. The minimum atomic E-state index is 0.244. The Morgan fingerprint density at radius 3 is 2.55 bits per heavy atom. The minimum absolute atomic E-state index is 0.244. The zero-order valence-electron chi connectivity index (χ0n) is 11.7. The van der Waals surface area contributed by atoms with Gasteiger partial charge in [0.05, 0.1) is 0 Å². The van der Waals surface area contributed by atoms with Crippen molar-refractivity contribution < 1.29 is 0 Å². The molecule has 3 N–H and O–H groups in total. The molecule has 3 rings (SSSR count). The summed E-state index contributed by atoms with van der Waals surface area (Å²) in [5, 5.41) is 7.76. The third kappa shape index (κ3) is 3.52. The summed E-state index contributed by atoms with van der Waals surface area (Å²) in [6.45, 7) is 1.06. The molecule has 0 radical (unpaired) electrons. The van der Waals surface area contributed by atoms with Crippen LogP contribution in [0, 0.1) is 5.92 Å². The van der Waals surface area contributed by atoms with Crippen LogP contribution in [0.5, 0.6) is 0 Å². The molecular weight excluding hydrogens is 268 g/mol. The highest BCUT2D eigenvalue weighted by Crippen LogP contribution is 2.30. The number of anilines is 1. The van der Waals surface area contributed by atoms with Gasteiger partial charge in [-0.25, -0.2) is 0 Å². The Labute approximate surface area is 124 Å². The number of hydrogen-bond donors (Lipinski definition) is 2. The van der Waals surface area contributed by atoms with Crippen molar-refractivity contribution >= 4 is 17.6 Å². The third-order valence-electron chi connectivity index (χ3n) is 4.26. The van der Waals surface area contributed by atoms with Crippen LogP contribution >= 0.6 is 11.9 Å². The quantitative estimate of drug-likeness (QED) is 0.830. The van der Waals surface area contributed by atoms with E-state index in [1.165, 1.54) is 36.9 Å². The van der Waals surface area contributed by atoms with Crippen LogP contribution in [-0.4, -0.2) is 18.3 Å². The first-order chi connectivity index (χ1) is 9.81. The largest absolute Gasteiger partial charge is 0.385 e. The van der Waals surface area contributed by atoms with E-state index in [2.05, 4.69) is 39.2 Å². The topological polar surface area (TPSA) is 62.8 Å². The maximum absolute atomic E-state index is 5.94. The first-order valence-corrected chi connectivity index (χ1v) is 8.37. The Bertz CT molecular complexity index is 451. The van der Waals surface area contributed by atoms with E-state index in [1.807, 2.05) is 0 Å². The predicted octanol–water partition coefficient (Wildman–Crippen LogP) is 3.77. The van der Waals surface area contributed by atoms with Gasteiger partial charge in [0.25, 0.3) is 0 Å². The van der Waals surface area contributed by atoms with Crippen LogP contribution in [0.25, 0.3) is 0 Å². The number of nitrogens with two attached hydrogens (primary N) is 1. The van der Waals surface area contributed by atoms with Crippen LogP contribution in [0.2, 0.25) is 0 Å². The molecule has 1 fully saturated rings. The molecule has 1 atom stereocenters. The van der Waals surface area contributed by atoms with Crippen LogP contribution in [0.1, 0.15) is 37.3 Å². The van der Waals surface area contributed by atoms with E-state index in [1.54, 1.807) is 11.9 Å². The number of nitrogens with one attached hydrogen (secondary N) is 1. The molecule has 4 nitrogen and oxygen atoms in total. The van der Waals surface area contributed by atoms with Gasteiger partial charge in [0, 0.05) is 24.0 Å². The number of nitrogens with zero attached hydrogens (tertiary/aromatic N) is 2.